The number of carbonyl (C=O) groups is 1. The molecule has 0 fully saturated rings. The number of hydrogen-bond donors (Lipinski definition) is 1. The topological polar surface area (TPSA) is 74.2 Å². The molecule has 0 aliphatic carbocycles. The molecule has 0 saturated heterocycles. The van der Waals surface area contributed by atoms with Crippen LogP contribution in [0.2, 0.25) is 0 Å². The zero-order valence-electron chi connectivity index (χ0n) is 14.8. The van der Waals surface area contributed by atoms with E-state index in [1.54, 1.807) is 43.5 Å². The summed E-state index contributed by atoms with van der Waals surface area (Å²) in [4.78, 5) is 11.8. The van der Waals surface area contributed by atoms with Gasteiger partial charge in [0.25, 0.3) is 0 Å². The van der Waals surface area contributed by atoms with Crippen molar-refractivity contribution in [2.75, 3.05) is 13.7 Å². The molecule has 2 aromatic rings. The zero-order valence-corrected chi connectivity index (χ0v) is 14.8. The Bertz CT molecular complexity index is 773. The summed E-state index contributed by atoms with van der Waals surface area (Å²) < 4.78 is 23.0. The maximum absolute atomic E-state index is 11.8. The Morgan fingerprint density at radius 3 is 2.50 bits per heavy atom. The van der Waals surface area contributed by atoms with Crippen LogP contribution in [0.25, 0.3) is 0 Å². The maximum atomic E-state index is 11.8. The number of aliphatic carboxylic acids is 1. The minimum atomic E-state index is -1.19. The Balaban J connectivity index is 2.01. The number of unbranched alkanes of at least 4 members (excludes halogenated alkanes) is 1. The Morgan fingerprint density at radius 1 is 1.12 bits per heavy atom. The minimum Gasteiger partial charge on any atom is -0.493 e. The van der Waals surface area contributed by atoms with Gasteiger partial charge >= 0.3 is 5.97 Å². The van der Waals surface area contributed by atoms with Gasteiger partial charge in [-0.3, -0.25) is 0 Å². The van der Waals surface area contributed by atoms with Crippen LogP contribution in [0.5, 0.6) is 23.0 Å². The van der Waals surface area contributed by atoms with Crippen LogP contribution in [0, 0.1) is 0 Å². The van der Waals surface area contributed by atoms with Crippen LogP contribution in [0.3, 0.4) is 0 Å². The maximum Gasteiger partial charge on any atom is 0.349 e. The molecule has 2 aromatic carbocycles. The van der Waals surface area contributed by atoms with Gasteiger partial charge < -0.3 is 24.1 Å². The van der Waals surface area contributed by atoms with Crippen LogP contribution in [0.1, 0.15) is 31.4 Å². The molecular weight excluding hydrogens is 336 g/mol. The van der Waals surface area contributed by atoms with Crippen molar-refractivity contribution in [3.63, 3.8) is 0 Å². The van der Waals surface area contributed by atoms with Gasteiger partial charge in [0.1, 0.15) is 0 Å². The molecule has 6 nitrogen and oxygen atoms in total. The first-order valence-corrected chi connectivity index (χ1v) is 8.60. The first kappa shape index (κ1) is 17.9. The summed E-state index contributed by atoms with van der Waals surface area (Å²) in [6.07, 6.45) is -0.178. The molecule has 1 aliphatic rings. The summed E-state index contributed by atoms with van der Waals surface area (Å²) in [7, 11) is 1.55. The molecule has 1 aliphatic heterocycles. The third-order valence-corrected chi connectivity index (χ3v) is 4.16. The second-order valence-corrected chi connectivity index (χ2v) is 5.94. The highest BCUT2D eigenvalue weighted by molar-refractivity contribution is 5.75. The first-order valence-electron chi connectivity index (χ1n) is 8.60. The van der Waals surface area contributed by atoms with Gasteiger partial charge in [0.15, 0.2) is 29.1 Å². The standard InChI is InChI=1S/C20H22O6/c1-3-4-12-24-17-13(8-7-11-16(17)23-2)18-19(20(21)22)26-15-10-6-5-9-14(15)25-18/h5-11,18-19H,3-4,12H2,1-2H3,(H,21,22). The lowest BCUT2D eigenvalue weighted by Gasteiger charge is -2.32. The van der Waals surface area contributed by atoms with E-state index >= 15 is 0 Å². The number of ether oxygens (including phenoxy) is 4. The van der Waals surface area contributed by atoms with Crippen LogP contribution in [0.15, 0.2) is 42.5 Å². The summed E-state index contributed by atoms with van der Waals surface area (Å²) >= 11 is 0. The Kier molecular flexibility index (Phi) is 5.51. The normalized spacial score (nSPS) is 18.2. The molecule has 0 radical (unpaired) electrons. The summed E-state index contributed by atoms with van der Waals surface area (Å²) in [5.41, 5.74) is 0.586. The fourth-order valence-electron chi connectivity index (χ4n) is 2.84. The van der Waals surface area contributed by atoms with Gasteiger partial charge in [0.05, 0.1) is 13.7 Å². The van der Waals surface area contributed by atoms with Crippen molar-refractivity contribution in [2.24, 2.45) is 0 Å². The molecular formula is C20H22O6. The van der Waals surface area contributed by atoms with Crippen molar-refractivity contribution >= 4 is 5.97 Å². The molecule has 0 saturated carbocycles. The van der Waals surface area contributed by atoms with Gasteiger partial charge in [-0.05, 0) is 24.6 Å². The van der Waals surface area contributed by atoms with E-state index in [0.29, 0.717) is 35.2 Å². The highest BCUT2D eigenvalue weighted by Crippen LogP contribution is 2.44. The van der Waals surface area contributed by atoms with Crippen molar-refractivity contribution in [1.82, 2.24) is 0 Å². The molecule has 0 amide bonds. The predicted molar refractivity (Wildman–Crippen MR) is 95.3 cm³/mol. The van der Waals surface area contributed by atoms with Gasteiger partial charge in [-0.2, -0.15) is 0 Å². The highest BCUT2D eigenvalue weighted by Gasteiger charge is 2.40. The minimum absolute atomic E-state index is 0.410. The lowest BCUT2D eigenvalue weighted by molar-refractivity contribution is -0.151. The number of methoxy groups -OCH3 is 1. The lowest BCUT2D eigenvalue weighted by Crippen LogP contribution is -2.39. The number of para-hydroxylation sites is 3. The van der Waals surface area contributed by atoms with Gasteiger partial charge in [-0.15, -0.1) is 0 Å². The average molecular weight is 358 g/mol. The Labute approximate surface area is 152 Å². The molecule has 0 spiro atoms. The number of fused-ring (bicyclic) bond motifs is 1. The average Bonchev–Trinajstić information content (AvgIpc) is 2.67. The van der Waals surface area contributed by atoms with E-state index in [0.717, 1.165) is 12.8 Å². The van der Waals surface area contributed by atoms with E-state index in [1.807, 2.05) is 6.07 Å². The molecule has 6 heteroatoms. The SMILES string of the molecule is CCCCOc1c(OC)cccc1C1Oc2ccccc2OC1C(=O)O. The predicted octanol–water partition coefficient (Wildman–Crippen LogP) is 3.84. The van der Waals surface area contributed by atoms with E-state index in [2.05, 4.69) is 6.92 Å². The van der Waals surface area contributed by atoms with Crippen LogP contribution < -0.4 is 18.9 Å². The zero-order chi connectivity index (χ0) is 18.5. The van der Waals surface area contributed by atoms with Crippen molar-refractivity contribution in [1.29, 1.82) is 0 Å². The molecule has 1 heterocycles. The molecule has 138 valence electrons. The monoisotopic (exact) mass is 358 g/mol. The lowest BCUT2D eigenvalue weighted by atomic mass is 10.0. The van der Waals surface area contributed by atoms with Crippen molar-refractivity contribution in [3.05, 3.63) is 48.0 Å². The van der Waals surface area contributed by atoms with Crippen molar-refractivity contribution in [2.45, 2.75) is 32.0 Å². The summed E-state index contributed by atoms with van der Waals surface area (Å²) in [5, 5.41) is 9.65. The Morgan fingerprint density at radius 2 is 1.85 bits per heavy atom. The molecule has 2 unspecified atom stereocenters. The molecule has 1 N–H and O–H groups in total. The van der Waals surface area contributed by atoms with Crippen LogP contribution >= 0.6 is 0 Å². The third kappa shape index (κ3) is 3.54. The second-order valence-electron chi connectivity index (χ2n) is 5.94. The number of carboxylic acids is 1. The number of benzene rings is 2. The van der Waals surface area contributed by atoms with E-state index < -0.39 is 18.2 Å². The smallest absolute Gasteiger partial charge is 0.349 e. The van der Waals surface area contributed by atoms with Gasteiger partial charge in [0, 0.05) is 5.56 Å². The van der Waals surface area contributed by atoms with E-state index in [4.69, 9.17) is 18.9 Å². The summed E-state index contributed by atoms with van der Waals surface area (Å²) in [5.74, 6) is 0.824. The fourth-order valence-corrected chi connectivity index (χ4v) is 2.84. The van der Waals surface area contributed by atoms with E-state index in [1.165, 1.54) is 0 Å². The summed E-state index contributed by atoms with van der Waals surface area (Å²) in [6.45, 7) is 2.58. The van der Waals surface area contributed by atoms with E-state index in [-0.39, 0.29) is 0 Å². The largest absolute Gasteiger partial charge is 0.493 e. The number of rotatable bonds is 7. The highest BCUT2D eigenvalue weighted by atomic mass is 16.6. The van der Waals surface area contributed by atoms with Crippen LogP contribution in [0.4, 0.5) is 0 Å². The van der Waals surface area contributed by atoms with Crippen LogP contribution in [-0.4, -0.2) is 30.9 Å². The van der Waals surface area contributed by atoms with Crippen molar-refractivity contribution in [3.8, 4) is 23.0 Å². The Hall–Kier alpha value is -2.89. The quantitative estimate of drug-likeness (QED) is 0.758. The molecule has 26 heavy (non-hydrogen) atoms. The summed E-state index contributed by atoms with van der Waals surface area (Å²) in [6, 6.07) is 12.4. The third-order valence-electron chi connectivity index (χ3n) is 4.16. The molecule has 0 aromatic heterocycles. The number of hydrogen-bond acceptors (Lipinski definition) is 5. The van der Waals surface area contributed by atoms with Gasteiger partial charge in [-0.25, -0.2) is 4.79 Å². The van der Waals surface area contributed by atoms with Gasteiger partial charge in [0.2, 0.25) is 6.10 Å². The van der Waals surface area contributed by atoms with E-state index in [9.17, 15) is 9.90 Å². The fraction of sp³-hybridized carbons (Fsp3) is 0.350. The molecule has 2 atom stereocenters. The van der Waals surface area contributed by atoms with Gasteiger partial charge in [-0.1, -0.05) is 37.6 Å². The molecule has 3 rings (SSSR count). The van der Waals surface area contributed by atoms with Crippen LogP contribution in [-0.2, 0) is 4.79 Å². The first-order chi connectivity index (χ1) is 12.7. The second kappa shape index (κ2) is 7.99. The number of carboxylic acid groups (broad SMARTS) is 1. The molecule has 0 bridgehead atoms. The van der Waals surface area contributed by atoms with Crippen molar-refractivity contribution < 1.29 is 28.8 Å².